The van der Waals surface area contributed by atoms with Crippen molar-refractivity contribution in [2.24, 2.45) is 15.9 Å². The molecule has 0 fully saturated rings. The van der Waals surface area contributed by atoms with Crippen molar-refractivity contribution in [3.8, 4) is 5.88 Å². The highest BCUT2D eigenvalue weighted by atomic mass is 32.1. The Labute approximate surface area is 147 Å². The highest BCUT2D eigenvalue weighted by Crippen LogP contribution is 2.28. The normalized spacial score (nSPS) is 12.5. The summed E-state index contributed by atoms with van der Waals surface area (Å²) >= 11 is 6.40. The van der Waals surface area contributed by atoms with Gasteiger partial charge >= 0.3 is 0 Å². The Balaban J connectivity index is 1.90. The lowest BCUT2D eigenvalue weighted by Gasteiger charge is -2.08. The zero-order valence-electron chi connectivity index (χ0n) is 13.2. The molecule has 0 bridgehead atoms. The summed E-state index contributed by atoms with van der Waals surface area (Å²) in [5, 5.41) is 11.9. The summed E-state index contributed by atoms with van der Waals surface area (Å²) in [6.07, 6.45) is 2.01. The number of benzene rings is 1. The fourth-order valence-corrected chi connectivity index (χ4v) is 3.38. The molecule has 0 spiro atoms. The van der Waals surface area contributed by atoms with E-state index in [4.69, 9.17) is 12.2 Å². The highest BCUT2D eigenvalue weighted by Gasteiger charge is 2.14. The molecular weight excluding hydrogens is 344 g/mol. The molecule has 1 aliphatic heterocycles. The Hall–Kier alpha value is -2.32. The van der Waals surface area contributed by atoms with E-state index in [1.54, 1.807) is 6.08 Å². The van der Waals surface area contributed by atoms with E-state index in [0.29, 0.717) is 21.1 Å². The first-order valence-electron chi connectivity index (χ1n) is 7.43. The summed E-state index contributed by atoms with van der Waals surface area (Å²) in [5.74, 6) is 0.395. The van der Waals surface area contributed by atoms with Crippen LogP contribution in [0, 0.1) is 9.87 Å². The maximum Gasteiger partial charge on any atom is 0.239 e. The van der Waals surface area contributed by atoms with Gasteiger partial charge in [-0.3, -0.25) is 10.2 Å². The quantitative estimate of drug-likeness (QED) is 0.822. The van der Waals surface area contributed by atoms with Crippen LogP contribution in [0.2, 0.25) is 0 Å². The van der Waals surface area contributed by atoms with Gasteiger partial charge in [0.2, 0.25) is 11.8 Å². The number of aromatic hydroxyl groups is 1. The molecule has 1 amide bonds. The smallest absolute Gasteiger partial charge is 0.239 e. The second-order valence-electron chi connectivity index (χ2n) is 5.74. The number of amides is 1. The molecule has 2 heterocycles. The number of aromatic nitrogens is 1. The molecule has 1 aromatic heterocycles. The third-order valence-corrected chi connectivity index (χ3v) is 4.56. The summed E-state index contributed by atoms with van der Waals surface area (Å²) in [7, 11) is 0. The number of para-hydroxylation sites is 2. The van der Waals surface area contributed by atoms with Gasteiger partial charge in [-0.2, -0.15) is 4.68 Å². The van der Waals surface area contributed by atoms with Gasteiger partial charge in [-0.05, 0) is 30.3 Å². The Kier molecular flexibility index (Phi) is 4.59. The maximum absolute atomic E-state index is 11.9. The van der Waals surface area contributed by atoms with E-state index >= 15 is 0 Å². The van der Waals surface area contributed by atoms with Crippen molar-refractivity contribution in [3.05, 3.63) is 49.6 Å². The van der Waals surface area contributed by atoms with E-state index in [0.717, 1.165) is 10.7 Å². The molecular formula is C16H16N4O2S2. The summed E-state index contributed by atoms with van der Waals surface area (Å²) in [4.78, 5) is 21.2. The van der Waals surface area contributed by atoms with Crippen LogP contribution in [-0.4, -0.2) is 15.7 Å². The predicted molar refractivity (Wildman–Crippen MR) is 95.4 cm³/mol. The van der Waals surface area contributed by atoms with Crippen molar-refractivity contribution in [3.63, 3.8) is 0 Å². The standard InChI is InChI=1S/C16H16N4O2S2/c1-9(2)7-14(21)19-20-15(22)12(24-16(20)23)8-13-17-10-5-3-4-6-11(10)18-13/h3-6,8-9,22H,7H2,1-2H3,(H,19,21). The molecule has 24 heavy (non-hydrogen) atoms. The van der Waals surface area contributed by atoms with Crippen LogP contribution in [0.5, 0.6) is 5.88 Å². The fourth-order valence-electron chi connectivity index (χ4n) is 2.22. The van der Waals surface area contributed by atoms with Crippen molar-refractivity contribution in [2.75, 3.05) is 5.43 Å². The Morgan fingerprint density at radius 1 is 1.38 bits per heavy atom. The average molecular weight is 360 g/mol. The van der Waals surface area contributed by atoms with Crippen LogP contribution in [0.15, 0.2) is 40.1 Å². The molecule has 1 aliphatic rings. The van der Waals surface area contributed by atoms with Gasteiger partial charge in [0.05, 0.1) is 15.6 Å². The largest absolute Gasteiger partial charge is 0.492 e. The van der Waals surface area contributed by atoms with Crippen molar-refractivity contribution in [1.29, 1.82) is 0 Å². The van der Waals surface area contributed by atoms with Crippen LogP contribution < -0.4 is 16.1 Å². The number of thiazole rings is 1. The van der Waals surface area contributed by atoms with Crippen molar-refractivity contribution in [2.45, 2.75) is 20.3 Å². The zero-order chi connectivity index (χ0) is 17.3. The van der Waals surface area contributed by atoms with E-state index in [2.05, 4.69) is 15.4 Å². The SMILES string of the molecule is CC(C)CC(=O)Nn1c(O)c(C=C2N=c3ccccc3=N2)sc1=S. The van der Waals surface area contributed by atoms with Crippen LogP contribution in [0.3, 0.4) is 0 Å². The summed E-state index contributed by atoms with van der Waals surface area (Å²) in [5.41, 5.74) is 2.62. The Bertz CT molecular complexity index is 965. The van der Waals surface area contributed by atoms with Gasteiger partial charge in [0, 0.05) is 12.5 Å². The lowest BCUT2D eigenvalue weighted by Crippen LogP contribution is -2.23. The highest BCUT2D eigenvalue weighted by molar-refractivity contribution is 7.73. The van der Waals surface area contributed by atoms with Crippen LogP contribution in [0.4, 0.5) is 0 Å². The van der Waals surface area contributed by atoms with Crippen LogP contribution in [-0.2, 0) is 4.79 Å². The predicted octanol–water partition coefficient (Wildman–Crippen LogP) is 2.35. The summed E-state index contributed by atoms with van der Waals surface area (Å²) in [6, 6.07) is 7.53. The van der Waals surface area contributed by atoms with Crippen LogP contribution in [0.1, 0.15) is 25.1 Å². The minimum atomic E-state index is -0.198. The Morgan fingerprint density at radius 2 is 2.00 bits per heavy atom. The number of nitrogens with zero attached hydrogens (tertiary/aromatic N) is 3. The number of nitrogens with one attached hydrogen (secondary N) is 1. The second-order valence-corrected chi connectivity index (χ2v) is 7.41. The molecule has 0 atom stereocenters. The summed E-state index contributed by atoms with van der Waals surface area (Å²) < 4.78 is 1.58. The number of carbonyl (C=O) groups is 1. The van der Waals surface area contributed by atoms with Crippen LogP contribution in [0.25, 0.3) is 6.08 Å². The lowest BCUT2D eigenvalue weighted by atomic mass is 10.1. The van der Waals surface area contributed by atoms with Gasteiger partial charge < -0.3 is 5.11 Å². The lowest BCUT2D eigenvalue weighted by molar-refractivity contribution is -0.117. The molecule has 2 N–H and O–H groups in total. The molecule has 0 saturated carbocycles. The third kappa shape index (κ3) is 3.44. The van der Waals surface area contributed by atoms with Gasteiger partial charge in [0.15, 0.2) is 9.78 Å². The molecule has 6 nitrogen and oxygen atoms in total. The molecule has 0 radical (unpaired) electrons. The first kappa shape index (κ1) is 16.5. The molecule has 124 valence electrons. The topological polar surface area (TPSA) is 79.0 Å². The van der Waals surface area contributed by atoms with Crippen LogP contribution >= 0.6 is 23.6 Å². The number of carbonyl (C=O) groups excluding carboxylic acids is 1. The minimum absolute atomic E-state index is 0.115. The average Bonchev–Trinajstić information content (AvgIpc) is 3.02. The number of fused-ring (bicyclic) bond motifs is 1. The number of rotatable bonds is 4. The van der Waals surface area contributed by atoms with Crippen molar-refractivity contribution in [1.82, 2.24) is 4.68 Å². The van der Waals surface area contributed by atoms with E-state index in [1.807, 2.05) is 38.1 Å². The second kappa shape index (κ2) is 6.66. The zero-order valence-corrected chi connectivity index (χ0v) is 14.8. The molecule has 2 aromatic rings. The molecule has 3 rings (SSSR count). The molecule has 0 unspecified atom stereocenters. The Morgan fingerprint density at radius 3 is 2.58 bits per heavy atom. The van der Waals surface area contributed by atoms with Crippen molar-refractivity contribution >= 4 is 35.5 Å². The molecule has 1 aromatic carbocycles. The maximum atomic E-state index is 11.9. The van der Waals surface area contributed by atoms with E-state index in [-0.39, 0.29) is 17.7 Å². The third-order valence-electron chi connectivity index (χ3n) is 3.25. The van der Waals surface area contributed by atoms with E-state index in [1.165, 1.54) is 16.0 Å². The molecule has 0 saturated heterocycles. The summed E-state index contributed by atoms with van der Waals surface area (Å²) in [6.45, 7) is 3.89. The molecule has 0 aliphatic carbocycles. The monoisotopic (exact) mass is 360 g/mol. The molecule has 8 heteroatoms. The first-order chi connectivity index (χ1) is 11.4. The van der Waals surface area contributed by atoms with Gasteiger partial charge in [-0.25, -0.2) is 9.98 Å². The van der Waals surface area contributed by atoms with Gasteiger partial charge in [-0.15, -0.1) is 0 Å². The number of hydrogen-bond donors (Lipinski definition) is 2. The van der Waals surface area contributed by atoms with Gasteiger partial charge in [-0.1, -0.05) is 37.3 Å². The van der Waals surface area contributed by atoms with E-state index in [9.17, 15) is 9.90 Å². The van der Waals surface area contributed by atoms with Crippen molar-refractivity contribution < 1.29 is 9.90 Å². The van der Waals surface area contributed by atoms with Gasteiger partial charge in [0.25, 0.3) is 0 Å². The first-order valence-corrected chi connectivity index (χ1v) is 8.65. The number of hydrogen-bond acceptors (Lipinski definition) is 6. The fraction of sp³-hybridized carbons (Fsp3) is 0.250. The minimum Gasteiger partial charge on any atom is -0.492 e. The van der Waals surface area contributed by atoms with E-state index < -0.39 is 0 Å². The van der Waals surface area contributed by atoms with Gasteiger partial charge in [0.1, 0.15) is 0 Å².